The molecule has 0 aliphatic carbocycles. The van der Waals surface area contributed by atoms with Gasteiger partial charge in [-0.05, 0) is 28.1 Å². The molecule has 0 aromatic carbocycles. The van der Waals surface area contributed by atoms with Crippen molar-refractivity contribution in [1.82, 2.24) is 9.97 Å². The first-order valence-electron chi connectivity index (χ1n) is 2.84. The Morgan fingerprint density at radius 2 is 2.18 bits per heavy atom. The molecule has 0 spiro atoms. The van der Waals surface area contributed by atoms with Crippen molar-refractivity contribution in [2.45, 2.75) is 0 Å². The van der Waals surface area contributed by atoms with Crippen molar-refractivity contribution in [3.63, 3.8) is 0 Å². The van der Waals surface area contributed by atoms with Gasteiger partial charge in [-0.15, -0.1) is 0 Å². The lowest BCUT2D eigenvalue weighted by atomic mass is 10.4. The first-order valence-corrected chi connectivity index (χ1v) is 4.45. The summed E-state index contributed by atoms with van der Waals surface area (Å²) in [6.07, 6.45) is 0. The molecule has 2 rings (SSSR count). The van der Waals surface area contributed by atoms with Crippen LogP contribution in [0.3, 0.4) is 0 Å². The van der Waals surface area contributed by atoms with Crippen molar-refractivity contribution >= 4 is 37.6 Å². The normalized spacial score (nSPS) is 10.7. The third-order valence-electron chi connectivity index (χ3n) is 1.20. The van der Waals surface area contributed by atoms with Crippen molar-refractivity contribution in [3.05, 3.63) is 22.0 Å². The van der Waals surface area contributed by atoms with Crippen molar-refractivity contribution in [2.24, 2.45) is 0 Å². The predicted octanol–water partition coefficient (Wildman–Crippen LogP) is 2.59. The second kappa shape index (κ2) is 2.49. The number of hydrogen-bond donors (Lipinski definition) is 0. The molecule has 2 heterocycles. The van der Waals surface area contributed by atoms with E-state index in [-0.39, 0.29) is 0 Å². The van der Waals surface area contributed by atoms with Crippen molar-refractivity contribution in [3.8, 4) is 0 Å². The van der Waals surface area contributed by atoms with E-state index in [1.165, 1.54) is 17.4 Å². The van der Waals surface area contributed by atoms with Crippen LogP contribution in [0, 0.1) is 5.95 Å². The molecule has 2 nitrogen and oxygen atoms in total. The van der Waals surface area contributed by atoms with Crippen molar-refractivity contribution in [2.75, 3.05) is 0 Å². The molecule has 0 atom stereocenters. The maximum absolute atomic E-state index is 12.5. The van der Waals surface area contributed by atoms with Gasteiger partial charge < -0.3 is 0 Å². The van der Waals surface area contributed by atoms with Gasteiger partial charge in [-0.2, -0.15) is 4.39 Å². The Morgan fingerprint density at radius 1 is 1.36 bits per heavy atom. The zero-order valence-electron chi connectivity index (χ0n) is 5.21. The second-order valence-electron chi connectivity index (χ2n) is 1.93. The highest BCUT2D eigenvalue weighted by molar-refractivity contribution is 9.11. The Hall–Kier alpha value is -0.550. The highest BCUT2D eigenvalue weighted by Crippen LogP contribution is 2.23. The van der Waals surface area contributed by atoms with Gasteiger partial charge in [0.2, 0.25) is 5.95 Å². The molecule has 2 aromatic heterocycles. The number of aromatic nitrogens is 2. The summed E-state index contributed by atoms with van der Waals surface area (Å²) in [5.74, 6) is -0.464. The first kappa shape index (κ1) is 7.12. The monoisotopic (exact) mass is 232 g/mol. The third kappa shape index (κ3) is 1.25. The number of nitrogens with zero attached hydrogens (tertiary/aromatic N) is 2. The molecule has 56 valence electrons. The molecule has 0 amide bonds. The third-order valence-corrected chi connectivity index (χ3v) is 2.61. The Bertz CT molecular complexity index is 400. The van der Waals surface area contributed by atoms with E-state index >= 15 is 0 Å². The number of hydrogen-bond acceptors (Lipinski definition) is 3. The SMILES string of the molecule is Fc1ccc2nc(Br)sc2n1. The molecule has 0 fully saturated rings. The average molecular weight is 233 g/mol. The lowest BCUT2D eigenvalue weighted by Crippen LogP contribution is -1.78. The smallest absolute Gasteiger partial charge is 0.214 e. The molecular weight excluding hydrogens is 231 g/mol. The van der Waals surface area contributed by atoms with Crippen LogP contribution < -0.4 is 0 Å². The summed E-state index contributed by atoms with van der Waals surface area (Å²) in [7, 11) is 0. The lowest BCUT2D eigenvalue weighted by Gasteiger charge is -1.84. The van der Waals surface area contributed by atoms with Crippen molar-refractivity contribution < 1.29 is 4.39 Å². The Labute approximate surface area is 74.2 Å². The molecule has 0 N–H and O–H groups in total. The van der Waals surface area contributed by atoms with E-state index in [1.54, 1.807) is 6.07 Å². The van der Waals surface area contributed by atoms with Crippen LogP contribution in [0.1, 0.15) is 0 Å². The molecule has 0 saturated heterocycles. The van der Waals surface area contributed by atoms with E-state index in [4.69, 9.17) is 0 Å². The van der Waals surface area contributed by atoms with E-state index in [9.17, 15) is 4.39 Å². The van der Waals surface area contributed by atoms with Gasteiger partial charge in [0.15, 0.2) is 3.92 Å². The van der Waals surface area contributed by atoms with E-state index < -0.39 is 5.95 Å². The van der Waals surface area contributed by atoms with E-state index in [0.717, 1.165) is 9.43 Å². The van der Waals surface area contributed by atoms with Crippen LogP contribution in [-0.4, -0.2) is 9.97 Å². The van der Waals surface area contributed by atoms with Crippen LogP contribution in [-0.2, 0) is 0 Å². The molecule has 2 aromatic rings. The lowest BCUT2D eigenvalue weighted by molar-refractivity contribution is 0.589. The van der Waals surface area contributed by atoms with Crippen LogP contribution in [0.25, 0.3) is 10.3 Å². The zero-order chi connectivity index (χ0) is 7.84. The fraction of sp³-hybridized carbons (Fsp3) is 0. The molecular formula is C6H2BrFN2S. The zero-order valence-corrected chi connectivity index (χ0v) is 7.62. The fourth-order valence-corrected chi connectivity index (χ4v) is 2.07. The van der Waals surface area contributed by atoms with Crippen LogP contribution in [0.15, 0.2) is 16.0 Å². The minimum absolute atomic E-state index is 0.464. The summed E-state index contributed by atoms with van der Waals surface area (Å²) >= 11 is 4.51. The Kier molecular flexibility index (Phi) is 1.61. The fourth-order valence-electron chi connectivity index (χ4n) is 0.768. The quantitative estimate of drug-likeness (QED) is 0.653. The summed E-state index contributed by atoms with van der Waals surface area (Å²) in [6.45, 7) is 0. The molecule has 0 aliphatic heterocycles. The van der Waals surface area contributed by atoms with Crippen LogP contribution in [0.2, 0.25) is 0 Å². The number of rotatable bonds is 0. The van der Waals surface area contributed by atoms with Crippen LogP contribution >= 0.6 is 27.3 Å². The maximum Gasteiger partial charge on any atom is 0.214 e. The highest BCUT2D eigenvalue weighted by Gasteiger charge is 2.02. The van der Waals surface area contributed by atoms with E-state index in [1.807, 2.05) is 0 Å². The molecule has 0 unspecified atom stereocenters. The standard InChI is InChI=1S/C6H2BrFN2S/c7-6-9-3-1-2-4(8)10-5(3)11-6/h1-2H. The van der Waals surface area contributed by atoms with E-state index in [0.29, 0.717) is 4.83 Å². The van der Waals surface area contributed by atoms with Gasteiger partial charge in [-0.25, -0.2) is 9.97 Å². The summed E-state index contributed by atoms with van der Waals surface area (Å²) in [4.78, 5) is 8.34. The van der Waals surface area contributed by atoms with Gasteiger partial charge in [0.25, 0.3) is 0 Å². The van der Waals surface area contributed by atoms with Gasteiger partial charge in [0.1, 0.15) is 10.3 Å². The first-order chi connectivity index (χ1) is 5.25. The number of halogens is 2. The topological polar surface area (TPSA) is 25.8 Å². The Morgan fingerprint density at radius 3 is 3.00 bits per heavy atom. The van der Waals surface area contributed by atoms with Gasteiger partial charge >= 0.3 is 0 Å². The van der Waals surface area contributed by atoms with E-state index in [2.05, 4.69) is 25.9 Å². The number of fused-ring (bicyclic) bond motifs is 1. The second-order valence-corrected chi connectivity index (χ2v) is 4.18. The van der Waals surface area contributed by atoms with Gasteiger partial charge in [-0.1, -0.05) is 11.3 Å². The highest BCUT2D eigenvalue weighted by atomic mass is 79.9. The van der Waals surface area contributed by atoms with Crippen LogP contribution in [0.5, 0.6) is 0 Å². The summed E-state index contributed by atoms with van der Waals surface area (Å²) in [6, 6.07) is 2.91. The minimum atomic E-state index is -0.464. The largest absolute Gasteiger partial charge is 0.227 e. The molecule has 0 aliphatic rings. The van der Waals surface area contributed by atoms with Gasteiger partial charge in [0.05, 0.1) is 0 Å². The minimum Gasteiger partial charge on any atom is -0.227 e. The average Bonchev–Trinajstić information content (AvgIpc) is 2.27. The molecule has 0 radical (unpaired) electrons. The maximum atomic E-state index is 12.5. The van der Waals surface area contributed by atoms with Gasteiger partial charge in [-0.3, -0.25) is 0 Å². The Balaban J connectivity index is 2.82. The predicted molar refractivity (Wildman–Crippen MR) is 45.1 cm³/mol. The van der Waals surface area contributed by atoms with Crippen LogP contribution in [0.4, 0.5) is 4.39 Å². The summed E-state index contributed by atoms with van der Waals surface area (Å²) in [5, 5.41) is 0. The molecule has 5 heteroatoms. The molecule has 0 bridgehead atoms. The molecule has 0 saturated carbocycles. The summed E-state index contributed by atoms with van der Waals surface area (Å²) < 4.78 is 13.2. The van der Waals surface area contributed by atoms with Crippen molar-refractivity contribution in [1.29, 1.82) is 0 Å². The summed E-state index contributed by atoms with van der Waals surface area (Å²) in [5.41, 5.74) is 0.725. The molecule has 11 heavy (non-hydrogen) atoms. The number of pyridine rings is 1. The number of thiazole rings is 1. The van der Waals surface area contributed by atoms with Gasteiger partial charge in [0, 0.05) is 0 Å².